The van der Waals surface area contributed by atoms with Gasteiger partial charge in [0.1, 0.15) is 4.99 Å². The summed E-state index contributed by atoms with van der Waals surface area (Å²) in [5, 5.41) is 0. The summed E-state index contributed by atoms with van der Waals surface area (Å²) < 4.78 is 0. The maximum Gasteiger partial charge on any atom is 0.117 e. The molecule has 0 amide bonds. The molecule has 0 atom stereocenters. The Kier molecular flexibility index (Phi) is 5.46. The summed E-state index contributed by atoms with van der Waals surface area (Å²) in [6, 6.07) is 0. The second-order valence-corrected chi connectivity index (χ2v) is 1.98. The largest absolute Gasteiger partial charge is 0.209 e. The molecule has 2 nitrogen and oxygen atoms in total. The maximum absolute atomic E-state index is 4.81. The first-order valence-electron chi connectivity index (χ1n) is 2.88. The lowest BCUT2D eigenvalue weighted by Gasteiger charge is -1.99. The van der Waals surface area contributed by atoms with Crippen LogP contribution in [0.1, 0.15) is 13.3 Å². The molecule has 9 heavy (non-hydrogen) atoms. The van der Waals surface area contributed by atoms with Crippen molar-refractivity contribution in [2.45, 2.75) is 13.3 Å². The van der Waals surface area contributed by atoms with Crippen LogP contribution >= 0.6 is 12.2 Å². The van der Waals surface area contributed by atoms with E-state index in [1.165, 1.54) is 0 Å². The van der Waals surface area contributed by atoms with E-state index in [0.717, 1.165) is 6.42 Å². The van der Waals surface area contributed by atoms with E-state index in [2.05, 4.69) is 17.4 Å². The van der Waals surface area contributed by atoms with E-state index in [9.17, 15) is 0 Å². The van der Waals surface area contributed by atoms with Gasteiger partial charge in [0.2, 0.25) is 0 Å². The highest BCUT2D eigenvalue weighted by Gasteiger charge is 1.88. The lowest BCUT2D eigenvalue weighted by molar-refractivity contribution is 0.701. The molecule has 0 unspecified atom stereocenters. The van der Waals surface area contributed by atoms with Crippen LogP contribution in [0.4, 0.5) is 0 Å². The van der Waals surface area contributed by atoms with Crippen LogP contribution in [0.25, 0.3) is 0 Å². The SMILES string of the molecule is C=CCN[N]C(=S)CC. The van der Waals surface area contributed by atoms with Crippen molar-refractivity contribution in [3.05, 3.63) is 12.7 Å². The number of nitrogens with zero attached hydrogens (tertiary/aromatic N) is 1. The number of thiocarbonyl (C=S) groups is 1. The summed E-state index contributed by atoms with van der Waals surface area (Å²) in [5.74, 6) is 0. The highest BCUT2D eigenvalue weighted by Crippen LogP contribution is 1.77. The van der Waals surface area contributed by atoms with Gasteiger partial charge in [0, 0.05) is 6.54 Å². The van der Waals surface area contributed by atoms with Crippen LogP contribution in [-0.2, 0) is 0 Å². The van der Waals surface area contributed by atoms with Crippen molar-refractivity contribution in [2.24, 2.45) is 0 Å². The van der Waals surface area contributed by atoms with Gasteiger partial charge in [0.15, 0.2) is 0 Å². The zero-order valence-electron chi connectivity index (χ0n) is 5.55. The van der Waals surface area contributed by atoms with Gasteiger partial charge in [-0.25, -0.2) is 5.43 Å². The molecule has 0 saturated carbocycles. The fraction of sp³-hybridized carbons (Fsp3) is 0.500. The molecule has 0 saturated heterocycles. The van der Waals surface area contributed by atoms with Crippen LogP contribution in [0.2, 0.25) is 0 Å². The Labute approximate surface area is 61.3 Å². The second-order valence-electron chi connectivity index (χ2n) is 1.51. The van der Waals surface area contributed by atoms with Gasteiger partial charge in [0.25, 0.3) is 0 Å². The summed E-state index contributed by atoms with van der Waals surface area (Å²) in [6.07, 6.45) is 2.56. The van der Waals surface area contributed by atoms with E-state index in [1.807, 2.05) is 6.92 Å². The second kappa shape index (κ2) is 5.72. The average Bonchev–Trinajstić information content (AvgIpc) is 1.89. The monoisotopic (exact) mass is 143 g/mol. The van der Waals surface area contributed by atoms with E-state index in [-0.39, 0.29) is 0 Å². The average molecular weight is 143 g/mol. The van der Waals surface area contributed by atoms with Gasteiger partial charge in [0.05, 0.1) is 0 Å². The summed E-state index contributed by atoms with van der Waals surface area (Å²) in [4.78, 5) is 0.705. The van der Waals surface area contributed by atoms with Crippen LogP contribution in [0, 0.1) is 0 Å². The molecule has 0 aliphatic heterocycles. The lowest BCUT2D eigenvalue weighted by atomic mass is 10.5. The maximum atomic E-state index is 4.81. The van der Waals surface area contributed by atoms with Gasteiger partial charge < -0.3 is 0 Å². The predicted molar refractivity (Wildman–Crippen MR) is 43.2 cm³/mol. The molecule has 0 aliphatic rings. The molecule has 51 valence electrons. The Morgan fingerprint density at radius 2 is 2.56 bits per heavy atom. The number of hydrogen-bond donors (Lipinski definition) is 1. The van der Waals surface area contributed by atoms with Gasteiger partial charge in [-0.1, -0.05) is 25.2 Å². The van der Waals surface area contributed by atoms with Crippen molar-refractivity contribution >= 4 is 17.2 Å². The highest BCUT2D eigenvalue weighted by molar-refractivity contribution is 7.80. The Bertz CT molecular complexity index is 101. The van der Waals surface area contributed by atoms with E-state index >= 15 is 0 Å². The van der Waals surface area contributed by atoms with Crippen molar-refractivity contribution in [3.63, 3.8) is 0 Å². The molecule has 1 radical (unpaired) electrons. The van der Waals surface area contributed by atoms with Gasteiger partial charge >= 0.3 is 0 Å². The minimum atomic E-state index is 0.681. The summed E-state index contributed by atoms with van der Waals surface area (Å²) in [7, 11) is 0. The van der Waals surface area contributed by atoms with E-state index in [1.54, 1.807) is 6.08 Å². The standard InChI is InChI=1S/C6H11N2S/c1-3-5-7-8-6(9)4-2/h3,7H,1,4-5H2,2H3. The lowest BCUT2D eigenvalue weighted by Crippen LogP contribution is -2.28. The molecule has 0 heterocycles. The van der Waals surface area contributed by atoms with Crippen LogP contribution in [-0.4, -0.2) is 11.5 Å². The van der Waals surface area contributed by atoms with Crippen LogP contribution in [0.15, 0.2) is 12.7 Å². The van der Waals surface area contributed by atoms with Gasteiger partial charge in [-0.2, -0.15) is 5.43 Å². The minimum Gasteiger partial charge on any atom is -0.209 e. The Balaban J connectivity index is 3.06. The molecule has 0 fully saturated rings. The fourth-order valence-electron chi connectivity index (χ4n) is 0.277. The highest BCUT2D eigenvalue weighted by atomic mass is 32.1. The van der Waals surface area contributed by atoms with Crippen molar-refractivity contribution in [3.8, 4) is 0 Å². The van der Waals surface area contributed by atoms with Gasteiger partial charge in [-0.3, -0.25) is 0 Å². The molecule has 0 aromatic heterocycles. The zero-order valence-corrected chi connectivity index (χ0v) is 6.37. The Morgan fingerprint density at radius 1 is 1.89 bits per heavy atom. The molecule has 0 bridgehead atoms. The Morgan fingerprint density at radius 3 is 3.00 bits per heavy atom. The van der Waals surface area contributed by atoms with Gasteiger partial charge in [-0.05, 0) is 6.42 Å². The molecule has 0 aromatic rings. The third kappa shape index (κ3) is 5.46. The molecule has 1 N–H and O–H groups in total. The number of nitrogens with one attached hydrogen (secondary N) is 1. The molecular weight excluding hydrogens is 132 g/mol. The van der Waals surface area contributed by atoms with Crippen LogP contribution in [0.3, 0.4) is 0 Å². The van der Waals surface area contributed by atoms with E-state index in [4.69, 9.17) is 12.2 Å². The first kappa shape index (κ1) is 8.59. The zero-order chi connectivity index (χ0) is 7.11. The third-order valence-electron chi connectivity index (χ3n) is 0.742. The fourth-order valence-corrected chi connectivity index (χ4v) is 0.342. The van der Waals surface area contributed by atoms with E-state index < -0.39 is 0 Å². The quantitative estimate of drug-likeness (QED) is 0.275. The first-order chi connectivity index (χ1) is 4.31. The van der Waals surface area contributed by atoms with Crippen molar-refractivity contribution < 1.29 is 0 Å². The number of hydrogen-bond acceptors (Lipinski definition) is 2. The van der Waals surface area contributed by atoms with Crippen LogP contribution in [0.5, 0.6) is 0 Å². The topological polar surface area (TPSA) is 26.1 Å². The predicted octanol–water partition coefficient (Wildman–Crippen LogP) is 1.02. The molecule has 0 rings (SSSR count). The van der Waals surface area contributed by atoms with E-state index in [0.29, 0.717) is 11.5 Å². The first-order valence-corrected chi connectivity index (χ1v) is 3.29. The van der Waals surface area contributed by atoms with Crippen molar-refractivity contribution in [1.29, 1.82) is 0 Å². The number of rotatable bonds is 4. The molecule has 0 aromatic carbocycles. The molecule has 3 heteroatoms. The third-order valence-corrected chi connectivity index (χ3v) is 1.12. The molecular formula is C6H11N2S. The molecule has 0 spiro atoms. The normalized spacial score (nSPS) is 8.56. The summed E-state index contributed by atoms with van der Waals surface area (Å²) in [6.45, 7) is 6.17. The van der Waals surface area contributed by atoms with Gasteiger partial charge in [-0.15, -0.1) is 6.58 Å². The minimum absolute atomic E-state index is 0.681. The summed E-state index contributed by atoms with van der Waals surface area (Å²) in [5.41, 5.74) is 6.59. The van der Waals surface area contributed by atoms with Crippen molar-refractivity contribution in [1.82, 2.24) is 10.9 Å². The van der Waals surface area contributed by atoms with Crippen LogP contribution < -0.4 is 10.9 Å². The summed E-state index contributed by atoms with van der Waals surface area (Å²) >= 11 is 4.81. The Hall–Kier alpha value is -0.410. The smallest absolute Gasteiger partial charge is 0.117 e. The van der Waals surface area contributed by atoms with Crippen molar-refractivity contribution in [2.75, 3.05) is 6.54 Å². The molecule has 0 aliphatic carbocycles.